The molecule has 2 atom stereocenters. The van der Waals surface area contributed by atoms with Gasteiger partial charge in [0.05, 0.1) is 13.2 Å². The zero-order chi connectivity index (χ0) is 14.7. The van der Waals surface area contributed by atoms with E-state index in [0.717, 1.165) is 24.3 Å². The molecule has 0 saturated carbocycles. The van der Waals surface area contributed by atoms with Gasteiger partial charge in [-0.05, 0) is 35.2 Å². The van der Waals surface area contributed by atoms with Crippen molar-refractivity contribution in [3.63, 3.8) is 0 Å². The number of methoxy groups -OCH3 is 1. The fourth-order valence-electron chi connectivity index (χ4n) is 2.88. The van der Waals surface area contributed by atoms with E-state index < -0.39 is 6.10 Å². The van der Waals surface area contributed by atoms with E-state index in [1.54, 1.807) is 7.11 Å². The molecule has 0 saturated heterocycles. The first-order chi connectivity index (χ1) is 10.3. The van der Waals surface area contributed by atoms with Gasteiger partial charge in [0.2, 0.25) is 0 Å². The highest BCUT2D eigenvalue weighted by molar-refractivity contribution is 5.40. The van der Waals surface area contributed by atoms with Crippen LogP contribution in [0.5, 0.6) is 5.75 Å². The molecule has 0 amide bonds. The summed E-state index contributed by atoms with van der Waals surface area (Å²) in [6, 6.07) is 16.1. The number of hydrogen-bond donors (Lipinski definition) is 2. The van der Waals surface area contributed by atoms with E-state index in [4.69, 9.17) is 4.74 Å². The van der Waals surface area contributed by atoms with Gasteiger partial charge in [-0.3, -0.25) is 0 Å². The van der Waals surface area contributed by atoms with Crippen LogP contribution >= 0.6 is 0 Å². The van der Waals surface area contributed by atoms with Crippen LogP contribution in [0, 0.1) is 0 Å². The van der Waals surface area contributed by atoms with Crippen molar-refractivity contribution >= 4 is 0 Å². The lowest BCUT2D eigenvalue weighted by Gasteiger charge is -2.30. The lowest BCUT2D eigenvalue weighted by Crippen LogP contribution is -2.31. The quantitative estimate of drug-likeness (QED) is 0.856. The van der Waals surface area contributed by atoms with Crippen LogP contribution in [0.25, 0.3) is 0 Å². The molecule has 0 bridgehead atoms. The molecule has 2 N–H and O–H groups in total. The standard InChI is InChI=1S/C18H21NO2/c1-21-16-8-6-13(7-9-16)18(20)12-19-11-15-10-14-4-2-3-5-17(14)15/h2-9,15,18-20H,10-12H2,1H3. The molecule has 0 spiro atoms. The summed E-state index contributed by atoms with van der Waals surface area (Å²) < 4.78 is 5.12. The Labute approximate surface area is 125 Å². The Balaban J connectivity index is 1.47. The summed E-state index contributed by atoms with van der Waals surface area (Å²) >= 11 is 0. The Bertz CT molecular complexity index is 594. The molecule has 2 aromatic rings. The summed E-state index contributed by atoms with van der Waals surface area (Å²) in [5.41, 5.74) is 3.82. The average molecular weight is 283 g/mol. The Kier molecular flexibility index (Phi) is 4.23. The first-order valence-corrected chi connectivity index (χ1v) is 7.38. The summed E-state index contributed by atoms with van der Waals surface area (Å²) in [6.45, 7) is 1.50. The van der Waals surface area contributed by atoms with Crippen LogP contribution in [0.4, 0.5) is 0 Å². The summed E-state index contributed by atoms with van der Waals surface area (Å²) in [6.07, 6.45) is 0.660. The van der Waals surface area contributed by atoms with Gasteiger partial charge in [-0.15, -0.1) is 0 Å². The molecule has 0 fully saturated rings. The van der Waals surface area contributed by atoms with Crippen LogP contribution in [0.1, 0.15) is 28.7 Å². The number of aliphatic hydroxyl groups excluding tert-OH is 1. The van der Waals surface area contributed by atoms with Crippen molar-refractivity contribution in [2.45, 2.75) is 18.4 Å². The highest BCUT2D eigenvalue weighted by Gasteiger charge is 2.24. The van der Waals surface area contributed by atoms with Crippen molar-refractivity contribution < 1.29 is 9.84 Å². The molecule has 0 aliphatic heterocycles. The zero-order valence-electron chi connectivity index (χ0n) is 12.3. The topological polar surface area (TPSA) is 41.5 Å². The second kappa shape index (κ2) is 6.29. The molecule has 110 valence electrons. The van der Waals surface area contributed by atoms with Gasteiger partial charge in [0.15, 0.2) is 0 Å². The van der Waals surface area contributed by atoms with Crippen molar-refractivity contribution in [1.82, 2.24) is 5.32 Å². The van der Waals surface area contributed by atoms with Crippen LogP contribution in [-0.2, 0) is 6.42 Å². The van der Waals surface area contributed by atoms with Crippen LogP contribution in [0.3, 0.4) is 0 Å². The minimum absolute atomic E-state index is 0.480. The van der Waals surface area contributed by atoms with E-state index >= 15 is 0 Å². The van der Waals surface area contributed by atoms with Gasteiger partial charge in [-0.1, -0.05) is 36.4 Å². The molecule has 1 aliphatic carbocycles. The number of aliphatic hydroxyl groups is 1. The van der Waals surface area contributed by atoms with Crippen molar-refractivity contribution in [3.8, 4) is 5.75 Å². The van der Waals surface area contributed by atoms with E-state index in [0.29, 0.717) is 12.5 Å². The summed E-state index contributed by atoms with van der Waals surface area (Å²) in [7, 11) is 1.64. The monoisotopic (exact) mass is 283 g/mol. The Hall–Kier alpha value is -1.84. The predicted molar refractivity (Wildman–Crippen MR) is 83.7 cm³/mol. The molecule has 1 aliphatic rings. The molecular formula is C18H21NO2. The maximum Gasteiger partial charge on any atom is 0.118 e. The van der Waals surface area contributed by atoms with Gasteiger partial charge in [0, 0.05) is 19.0 Å². The molecule has 21 heavy (non-hydrogen) atoms. The molecule has 0 heterocycles. The number of rotatable bonds is 6. The fraction of sp³-hybridized carbons (Fsp3) is 0.333. The van der Waals surface area contributed by atoms with E-state index in [9.17, 15) is 5.11 Å². The number of nitrogens with one attached hydrogen (secondary N) is 1. The van der Waals surface area contributed by atoms with E-state index in [2.05, 4.69) is 29.6 Å². The Morgan fingerprint density at radius 3 is 2.67 bits per heavy atom. The van der Waals surface area contributed by atoms with Crippen molar-refractivity contribution in [2.75, 3.05) is 20.2 Å². The molecule has 2 unspecified atom stereocenters. The molecule has 0 aromatic heterocycles. The number of fused-ring (bicyclic) bond motifs is 1. The second-order valence-electron chi connectivity index (χ2n) is 5.55. The third-order valence-corrected chi connectivity index (χ3v) is 4.19. The number of hydrogen-bond acceptors (Lipinski definition) is 3. The van der Waals surface area contributed by atoms with E-state index in [1.165, 1.54) is 11.1 Å². The van der Waals surface area contributed by atoms with Gasteiger partial charge in [0.25, 0.3) is 0 Å². The molecule has 3 heteroatoms. The smallest absolute Gasteiger partial charge is 0.118 e. The highest BCUT2D eigenvalue weighted by Crippen LogP contribution is 2.34. The summed E-state index contributed by atoms with van der Waals surface area (Å²) in [5, 5.41) is 13.6. The molecule has 0 radical (unpaired) electrons. The third kappa shape index (κ3) is 3.09. The van der Waals surface area contributed by atoms with Gasteiger partial charge in [-0.2, -0.15) is 0 Å². The SMILES string of the molecule is COc1ccc(C(O)CNCC2Cc3ccccc32)cc1. The van der Waals surface area contributed by atoms with Crippen LogP contribution in [0.15, 0.2) is 48.5 Å². The van der Waals surface area contributed by atoms with E-state index in [-0.39, 0.29) is 0 Å². The second-order valence-corrected chi connectivity index (χ2v) is 5.55. The van der Waals surface area contributed by atoms with Crippen LogP contribution in [0.2, 0.25) is 0 Å². The minimum Gasteiger partial charge on any atom is -0.497 e. The van der Waals surface area contributed by atoms with Crippen LogP contribution < -0.4 is 10.1 Å². The zero-order valence-corrected chi connectivity index (χ0v) is 12.3. The first-order valence-electron chi connectivity index (χ1n) is 7.38. The lowest BCUT2D eigenvalue weighted by molar-refractivity contribution is 0.173. The molecule has 3 nitrogen and oxygen atoms in total. The molecular weight excluding hydrogens is 262 g/mol. The molecule has 3 rings (SSSR count). The predicted octanol–water partition coefficient (Wildman–Crippen LogP) is 2.66. The van der Waals surface area contributed by atoms with Gasteiger partial charge < -0.3 is 15.2 Å². The summed E-state index contributed by atoms with van der Waals surface area (Å²) in [4.78, 5) is 0. The Morgan fingerprint density at radius 2 is 1.95 bits per heavy atom. The van der Waals surface area contributed by atoms with Crippen molar-refractivity contribution in [2.24, 2.45) is 0 Å². The molecule has 2 aromatic carbocycles. The minimum atomic E-state index is -0.480. The normalized spacial score (nSPS) is 17.7. The lowest BCUT2D eigenvalue weighted by atomic mass is 9.77. The highest BCUT2D eigenvalue weighted by atomic mass is 16.5. The first kappa shape index (κ1) is 14.1. The largest absolute Gasteiger partial charge is 0.497 e. The van der Waals surface area contributed by atoms with Crippen molar-refractivity contribution in [1.29, 1.82) is 0 Å². The summed E-state index contributed by atoms with van der Waals surface area (Å²) in [5.74, 6) is 1.40. The number of benzene rings is 2. The van der Waals surface area contributed by atoms with Crippen LogP contribution in [-0.4, -0.2) is 25.3 Å². The number of ether oxygens (including phenoxy) is 1. The Morgan fingerprint density at radius 1 is 1.19 bits per heavy atom. The fourth-order valence-corrected chi connectivity index (χ4v) is 2.88. The average Bonchev–Trinajstić information content (AvgIpc) is 2.51. The van der Waals surface area contributed by atoms with Crippen molar-refractivity contribution in [3.05, 3.63) is 65.2 Å². The van der Waals surface area contributed by atoms with Gasteiger partial charge in [0.1, 0.15) is 5.75 Å². The maximum absolute atomic E-state index is 10.2. The van der Waals surface area contributed by atoms with E-state index in [1.807, 2.05) is 24.3 Å². The van der Waals surface area contributed by atoms with Gasteiger partial charge >= 0.3 is 0 Å². The third-order valence-electron chi connectivity index (χ3n) is 4.19. The van der Waals surface area contributed by atoms with Gasteiger partial charge in [-0.25, -0.2) is 0 Å². The maximum atomic E-state index is 10.2.